The second-order valence-electron chi connectivity index (χ2n) is 2.07. The van der Waals surface area contributed by atoms with Crippen molar-refractivity contribution in [1.82, 2.24) is 5.32 Å². The fourth-order valence-electron chi connectivity index (χ4n) is 0.720. The van der Waals surface area contributed by atoms with Crippen LogP contribution >= 0.6 is 0 Å². The van der Waals surface area contributed by atoms with Gasteiger partial charge in [0.1, 0.15) is 0 Å². The Hall–Kier alpha value is -0.380. The molecule has 3 nitrogen and oxygen atoms in total. The zero-order valence-corrected chi connectivity index (χ0v) is 6.25. The molecule has 0 fully saturated rings. The molecule has 0 aliphatic rings. The highest BCUT2D eigenvalue weighted by molar-refractivity contribution is 4.88. The lowest BCUT2D eigenvalue weighted by molar-refractivity contribution is 0.125. The van der Waals surface area contributed by atoms with Crippen LogP contribution in [0, 0.1) is 0 Å². The van der Waals surface area contributed by atoms with E-state index in [0.29, 0.717) is 0 Å². The monoisotopic (exact) mass is 145 g/mol. The summed E-state index contributed by atoms with van der Waals surface area (Å²) >= 11 is 0. The van der Waals surface area contributed by atoms with Crippen molar-refractivity contribution in [2.75, 3.05) is 13.2 Å². The van der Waals surface area contributed by atoms with Crippen molar-refractivity contribution in [2.45, 2.75) is 19.1 Å². The van der Waals surface area contributed by atoms with Gasteiger partial charge in [-0.3, -0.25) is 0 Å². The van der Waals surface area contributed by atoms with Crippen molar-refractivity contribution in [3.8, 4) is 0 Å². The van der Waals surface area contributed by atoms with Gasteiger partial charge >= 0.3 is 0 Å². The van der Waals surface area contributed by atoms with Crippen LogP contribution in [0.15, 0.2) is 12.7 Å². The molecule has 60 valence electrons. The maximum Gasteiger partial charge on any atom is 0.0893 e. The molecule has 0 aromatic heterocycles. The summed E-state index contributed by atoms with van der Waals surface area (Å²) in [5, 5.41) is 20.7. The zero-order chi connectivity index (χ0) is 7.98. The summed E-state index contributed by atoms with van der Waals surface area (Å²) in [7, 11) is 0. The van der Waals surface area contributed by atoms with Gasteiger partial charge in [0.05, 0.1) is 18.8 Å². The Kier molecular flexibility index (Phi) is 5.20. The van der Waals surface area contributed by atoms with Crippen LogP contribution in [0.25, 0.3) is 0 Å². The lowest BCUT2D eigenvalue weighted by Gasteiger charge is -2.17. The molecule has 3 N–H and O–H groups in total. The van der Waals surface area contributed by atoms with Crippen molar-refractivity contribution in [3.05, 3.63) is 12.7 Å². The van der Waals surface area contributed by atoms with Gasteiger partial charge < -0.3 is 15.5 Å². The second-order valence-corrected chi connectivity index (χ2v) is 2.07. The predicted molar refractivity (Wildman–Crippen MR) is 40.8 cm³/mol. The molecule has 0 unspecified atom stereocenters. The highest BCUT2D eigenvalue weighted by Gasteiger charge is 2.12. The van der Waals surface area contributed by atoms with E-state index in [0.717, 1.165) is 6.54 Å². The van der Waals surface area contributed by atoms with Crippen molar-refractivity contribution in [1.29, 1.82) is 0 Å². The number of aliphatic hydroxyl groups excluding tert-OH is 2. The Balaban J connectivity index is 3.67. The number of nitrogens with one attached hydrogen (secondary N) is 1. The number of rotatable bonds is 5. The second kappa shape index (κ2) is 5.41. The zero-order valence-electron chi connectivity index (χ0n) is 6.25. The molecule has 0 amide bonds. The molecule has 3 heteroatoms. The predicted octanol–water partition coefficient (Wildman–Crippen LogP) is -0.496. The van der Waals surface area contributed by atoms with Crippen LogP contribution < -0.4 is 5.32 Å². The number of likely N-dealkylation sites (N-methyl/N-ethyl adjacent to an activating group) is 1. The molecule has 0 spiro atoms. The third-order valence-electron chi connectivity index (χ3n) is 1.32. The van der Waals surface area contributed by atoms with Gasteiger partial charge in [-0.2, -0.15) is 0 Å². The summed E-state index contributed by atoms with van der Waals surface area (Å²) in [6.07, 6.45) is 0.744. The van der Waals surface area contributed by atoms with Crippen LogP contribution in [0.2, 0.25) is 0 Å². The molecule has 0 aromatic rings. The molecule has 0 saturated heterocycles. The van der Waals surface area contributed by atoms with Crippen molar-refractivity contribution in [2.24, 2.45) is 0 Å². The van der Waals surface area contributed by atoms with Crippen LogP contribution in [-0.4, -0.2) is 35.5 Å². The average Bonchev–Trinajstić information content (AvgIpc) is 1.99. The van der Waals surface area contributed by atoms with Gasteiger partial charge in [0, 0.05) is 0 Å². The molecule has 0 aliphatic carbocycles. The van der Waals surface area contributed by atoms with E-state index < -0.39 is 6.10 Å². The van der Waals surface area contributed by atoms with Gasteiger partial charge in [-0.15, -0.1) is 6.58 Å². The van der Waals surface area contributed by atoms with Gasteiger partial charge in [-0.05, 0) is 6.54 Å². The van der Waals surface area contributed by atoms with Crippen LogP contribution in [0.1, 0.15) is 6.92 Å². The van der Waals surface area contributed by atoms with Gasteiger partial charge in [-0.1, -0.05) is 13.0 Å². The number of aliphatic hydroxyl groups is 2. The molecule has 0 radical (unpaired) electrons. The molecular weight excluding hydrogens is 130 g/mol. The van der Waals surface area contributed by atoms with E-state index in [4.69, 9.17) is 10.2 Å². The Morgan fingerprint density at radius 1 is 1.70 bits per heavy atom. The largest absolute Gasteiger partial charge is 0.395 e. The Bertz CT molecular complexity index is 95.6. The van der Waals surface area contributed by atoms with Crippen LogP contribution in [-0.2, 0) is 0 Å². The molecular formula is C7H15NO2. The first kappa shape index (κ1) is 9.62. The minimum atomic E-state index is -0.662. The lowest BCUT2D eigenvalue weighted by atomic mass is 10.2. The van der Waals surface area contributed by atoms with Gasteiger partial charge in [-0.25, -0.2) is 0 Å². The number of hydrogen-bond donors (Lipinski definition) is 3. The smallest absolute Gasteiger partial charge is 0.0893 e. The maximum absolute atomic E-state index is 9.11. The Labute approximate surface area is 61.4 Å². The minimum Gasteiger partial charge on any atom is -0.395 e. The summed E-state index contributed by atoms with van der Waals surface area (Å²) in [4.78, 5) is 0. The molecule has 0 saturated carbocycles. The fourth-order valence-corrected chi connectivity index (χ4v) is 0.720. The van der Waals surface area contributed by atoms with E-state index in [2.05, 4.69) is 11.9 Å². The van der Waals surface area contributed by atoms with E-state index in [1.54, 1.807) is 0 Å². The van der Waals surface area contributed by atoms with Crippen LogP contribution in [0.5, 0.6) is 0 Å². The first-order chi connectivity index (χ1) is 4.76. The highest BCUT2D eigenvalue weighted by atomic mass is 16.3. The summed E-state index contributed by atoms with van der Waals surface area (Å²) in [5.74, 6) is 0. The standard InChI is InChI=1S/C7H15NO2/c1-3-7(10)6(5-9)8-4-2/h3,6-10H,1,4-5H2,2H3/t6-,7+/m0/s1. The van der Waals surface area contributed by atoms with Gasteiger partial charge in [0.15, 0.2) is 0 Å². The summed E-state index contributed by atoms with van der Waals surface area (Å²) in [6.45, 7) is 5.99. The van der Waals surface area contributed by atoms with Gasteiger partial charge in [0.2, 0.25) is 0 Å². The lowest BCUT2D eigenvalue weighted by Crippen LogP contribution is -2.41. The highest BCUT2D eigenvalue weighted by Crippen LogP contribution is 1.92. The molecule has 0 heterocycles. The molecule has 0 rings (SSSR count). The molecule has 0 aromatic carbocycles. The third-order valence-corrected chi connectivity index (χ3v) is 1.32. The van der Waals surface area contributed by atoms with Crippen molar-refractivity contribution in [3.63, 3.8) is 0 Å². The average molecular weight is 145 g/mol. The quantitative estimate of drug-likeness (QED) is 0.457. The Morgan fingerprint density at radius 3 is 2.60 bits per heavy atom. The van der Waals surface area contributed by atoms with E-state index >= 15 is 0 Å². The van der Waals surface area contributed by atoms with Crippen LogP contribution in [0.4, 0.5) is 0 Å². The first-order valence-corrected chi connectivity index (χ1v) is 3.41. The fraction of sp³-hybridized carbons (Fsp3) is 0.714. The van der Waals surface area contributed by atoms with E-state index in [9.17, 15) is 0 Å². The minimum absolute atomic E-state index is 0.0684. The molecule has 10 heavy (non-hydrogen) atoms. The van der Waals surface area contributed by atoms with Crippen molar-refractivity contribution >= 4 is 0 Å². The summed E-state index contributed by atoms with van der Waals surface area (Å²) in [6, 6.07) is -0.275. The van der Waals surface area contributed by atoms with E-state index in [1.165, 1.54) is 6.08 Å². The van der Waals surface area contributed by atoms with Crippen LogP contribution in [0.3, 0.4) is 0 Å². The summed E-state index contributed by atoms with van der Waals surface area (Å²) < 4.78 is 0. The van der Waals surface area contributed by atoms with Crippen molar-refractivity contribution < 1.29 is 10.2 Å². The Morgan fingerprint density at radius 2 is 2.30 bits per heavy atom. The maximum atomic E-state index is 9.11. The molecule has 2 atom stereocenters. The topological polar surface area (TPSA) is 52.5 Å². The first-order valence-electron chi connectivity index (χ1n) is 3.41. The third kappa shape index (κ3) is 2.96. The normalized spacial score (nSPS) is 16.3. The number of hydrogen-bond acceptors (Lipinski definition) is 3. The SMILES string of the molecule is C=C[C@@H](O)[C@H](CO)NCC. The van der Waals surface area contributed by atoms with E-state index in [1.807, 2.05) is 6.92 Å². The van der Waals surface area contributed by atoms with E-state index in [-0.39, 0.29) is 12.6 Å². The molecule has 0 aliphatic heterocycles. The molecule has 0 bridgehead atoms. The van der Waals surface area contributed by atoms with Gasteiger partial charge in [0.25, 0.3) is 0 Å². The summed E-state index contributed by atoms with van der Waals surface area (Å²) in [5.41, 5.74) is 0.